The first-order valence-electron chi connectivity index (χ1n) is 6.60. The van der Waals surface area contributed by atoms with Crippen LogP contribution in [0.25, 0.3) is 0 Å². The molecular weight excluding hydrogens is 286 g/mol. The molecule has 0 atom stereocenters. The molecule has 21 heavy (non-hydrogen) atoms. The highest BCUT2D eigenvalue weighted by Crippen LogP contribution is 2.10. The normalized spacial score (nSPS) is 10.7. The summed E-state index contributed by atoms with van der Waals surface area (Å²) in [5, 5.41) is 5.98. The van der Waals surface area contributed by atoms with E-state index in [1.807, 2.05) is 26.2 Å². The van der Waals surface area contributed by atoms with E-state index in [1.54, 1.807) is 6.92 Å². The molecule has 7 heteroatoms. The number of aryl methyl sites for hydroxylation is 1. The lowest BCUT2D eigenvalue weighted by molar-refractivity contribution is 0.251. The molecule has 2 N–H and O–H groups in total. The van der Waals surface area contributed by atoms with E-state index >= 15 is 0 Å². The third-order valence-corrected chi connectivity index (χ3v) is 3.41. The summed E-state index contributed by atoms with van der Waals surface area (Å²) in [5.74, 6) is 0.659. The summed E-state index contributed by atoms with van der Waals surface area (Å²) in [6.07, 6.45) is 0. The number of nitrogens with one attached hydrogen (secondary N) is 2. The monoisotopic (exact) mass is 305 g/mol. The Balaban J connectivity index is 1.86. The highest BCUT2D eigenvalue weighted by molar-refractivity contribution is 7.09. The van der Waals surface area contributed by atoms with Gasteiger partial charge < -0.3 is 10.2 Å². The first-order valence-corrected chi connectivity index (χ1v) is 7.38. The quantitative estimate of drug-likeness (QED) is 0.888. The number of amides is 2. The van der Waals surface area contributed by atoms with Gasteiger partial charge in [-0.2, -0.15) is 4.37 Å². The number of carbonyl (C=O) groups is 1. The van der Waals surface area contributed by atoms with Crippen LogP contribution in [0.1, 0.15) is 17.0 Å². The minimum atomic E-state index is -0.274. The highest BCUT2D eigenvalue weighted by atomic mass is 32.1. The average molecular weight is 305 g/mol. The second-order valence-electron chi connectivity index (χ2n) is 5.01. The lowest BCUT2D eigenvalue weighted by Gasteiger charge is -2.11. The van der Waals surface area contributed by atoms with E-state index in [0.717, 1.165) is 12.1 Å². The molecule has 0 aliphatic carbocycles. The third-order valence-electron chi connectivity index (χ3n) is 2.69. The van der Waals surface area contributed by atoms with Crippen molar-refractivity contribution >= 4 is 22.7 Å². The number of aromatic nitrogens is 2. The van der Waals surface area contributed by atoms with Crippen LogP contribution in [0, 0.1) is 6.92 Å². The largest absolute Gasteiger partial charge is 0.334 e. The van der Waals surface area contributed by atoms with Crippen LogP contribution >= 0.6 is 11.5 Å². The van der Waals surface area contributed by atoms with Gasteiger partial charge in [-0.05, 0) is 32.1 Å². The van der Waals surface area contributed by atoms with Crippen LogP contribution in [0.2, 0.25) is 0 Å². The number of benzene rings is 1. The molecule has 0 bridgehead atoms. The molecule has 1 aromatic heterocycles. The van der Waals surface area contributed by atoms with Gasteiger partial charge in [0.25, 0.3) is 0 Å². The molecule has 1 heterocycles. The van der Waals surface area contributed by atoms with E-state index in [9.17, 15) is 4.79 Å². The van der Waals surface area contributed by atoms with Gasteiger partial charge in [0.05, 0.1) is 0 Å². The van der Waals surface area contributed by atoms with Crippen molar-refractivity contribution in [3.8, 4) is 0 Å². The number of hydrogen-bond acceptors (Lipinski definition) is 5. The van der Waals surface area contributed by atoms with E-state index in [1.165, 1.54) is 17.1 Å². The molecule has 0 fully saturated rings. The lowest BCUT2D eigenvalue weighted by Crippen LogP contribution is -2.28. The van der Waals surface area contributed by atoms with E-state index in [2.05, 4.69) is 37.0 Å². The van der Waals surface area contributed by atoms with Crippen LogP contribution in [-0.4, -0.2) is 34.4 Å². The van der Waals surface area contributed by atoms with Crippen LogP contribution in [0.5, 0.6) is 0 Å². The van der Waals surface area contributed by atoms with Gasteiger partial charge in [0.1, 0.15) is 5.82 Å². The molecule has 2 rings (SSSR count). The number of carbonyl (C=O) groups excluding carboxylic acids is 1. The summed E-state index contributed by atoms with van der Waals surface area (Å²) in [5.41, 5.74) is 2.29. The second kappa shape index (κ2) is 7.14. The van der Waals surface area contributed by atoms with Crippen molar-refractivity contribution in [2.45, 2.75) is 20.0 Å². The van der Waals surface area contributed by atoms with Crippen LogP contribution in [0.3, 0.4) is 0 Å². The van der Waals surface area contributed by atoms with Crippen molar-refractivity contribution < 1.29 is 4.79 Å². The van der Waals surface area contributed by atoms with E-state index < -0.39 is 0 Å². The molecule has 0 saturated carbocycles. The predicted octanol–water partition coefficient (Wildman–Crippen LogP) is 2.23. The van der Waals surface area contributed by atoms with Gasteiger partial charge in [-0.1, -0.05) is 24.3 Å². The summed E-state index contributed by atoms with van der Waals surface area (Å²) in [7, 11) is 4.06. The number of rotatable bonds is 5. The van der Waals surface area contributed by atoms with Crippen molar-refractivity contribution in [3.05, 3.63) is 41.2 Å². The van der Waals surface area contributed by atoms with E-state index in [4.69, 9.17) is 0 Å². The number of anilines is 1. The van der Waals surface area contributed by atoms with Gasteiger partial charge in [-0.3, -0.25) is 5.32 Å². The van der Waals surface area contributed by atoms with Gasteiger partial charge in [-0.15, -0.1) is 0 Å². The highest BCUT2D eigenvalue weighted by Gasteiger charge is 2.06. The fourth-order valence-electron chi connectivity index (χ4n) is 1.87. The molecular formula is C14H19N5OS. The summed E-state index contributed by atoms with van der Waals surface area (Å²) in [6.45, 7) is 3.14. The Morgan fingerprint density at radius 1 is 1.33 bits per heavy atom. The lowest BCUT2D eigenvalue weighted by atomic mass is 10.1. The molecule has 0 aliphatic heterocycles. The SMILES string of the molecule is Cc1nsc(NC(=O)NCc2cccc(CN(C)C)c2)n1. The zero-order valence-electron chi connectivity index (χ0n) is 12.4. The fraction of sp³-hybridized carbons (Fsp3) is 0.357. The maximum Gasteiger partial charge on any atom is 0.321 e. The summed E-state index contributed by atoms with van der Waals surface area (Å²) in [6, 6.07) is 7.89. The van der Waals surface area contributed by atoms with Gasteiger partial charge >= 0.3 is 6.03 Å². The Kier molecular flexibility index (Phi) is 5.24. The molecule has 1 aromatic carbocycles. The Labute approximate surface area is 128 Å². The minimum Gasteiger partial charge on any atom is -0.334 e. The maximum absolute atomic E-state index is 11.8. The Morgan fingerprint density at radius 3 is 2.76 bits per heavy atom. The van der Waals surface area contributed by atoms with Crippen LogP contribution in [0.15, 0.2) is 24.3 Å². The molecule has 0 aliphatic rings. The zero-order chi connectivity index (χ0) is 15.2. The van der Waals surface area contributed by atoms with Crippen molar-refractivity contribution in [2.24, 2.45) is 0 Å². The molecule has 0 saturated heterocycles. The molecule has 2 aromatic rings. The topological polar surface area (TPSA) is 70.2 Å². The van der Waals surface area contributed by atoms with Gasteiger partial charge in [-0.25, -0.2) is 9.78 Å². The molecule has 0 radical (unpaired) electrons. The smallest absolute Gasteiger partial charge is 0.321 e. The molecule has 0 unspecified atom stereocenters. The van der Waals surface area contributed by atoms with Crippen LogP contribution < -0.4 is 10.6 Å². The fourth-order valence-corrected chi connectivity index (χ4v) is 2.45. The summed E-state index contributed by atoms with van der Waals surface area (Å²) >= 11 is 1.17. The van der Waals surface area contributed by atoms with Gasteiger partial charge in [0.2, 0.25) is 5.13 Å². The summed E-state index contributed by atoms with van der Waals surface area (Å²) in [4.78, 5) is 18.0. The zero-order valence-corrected chi connectivity index (χ0v) is 13.2. The number of hydrogen-bond donors (Lipinski definition) is 2. The van der Waals surface area contributed by atoms with E-state index in [-0.39, 0.29) is 6.03 Å². The Hall–Kier alpha value is -1.99. The first-order chi connectivity index (χ1) is 10.0. The maximum atomic E-state index is 11.8. The number of nitrogens with zero attached hydrogens (tertiary/aromatic N) is 3. The van der Waals surface area contributed by atoms with Crippen molar-refractivity contribution in [3.63, 3.8) is 0 Å². The Bertz CT molecular complexity index is 611. The van der Waals surface area contributed by atoms with Crippen LogP contribution in [-0.2, 0) is 13.1 Å². The standard InChI is InChI=1S/C14H19N5OS/c1-10-16-14(21-18-10)17-13(20)15-8-11-5-4-6-12(7-11)9-19(2)3/h4-7H,8-9H2,1-3H3,(H2,15,16,17,18,20). The second-order valence-corrected chi connectivity index (χ2v) is 5.76. The predicted molar refractivity (Wildman–Crippen MR) is 84.3 cm³/mol. The van der Waals surface area contributed by atoms with E-state index in [0.29, 0.717) is 17.5 Å². The summed E-state index contributed by atoms with van der Waals surface area (Å²) < 4.78 is 4.01. The number of urea groups is 1. The molecule has 112 valence electrons. The molecule has 6 nitrogen and oxygen atoms in total. The average Bonchev–Trinajstić information content (AvgIpc) is 2.81. The minimum absolute atomic E-state index is 0.274. The Morgan fingerprint density at radius 2 is 2.10 bits per heavy atom. The van der Waals surface area contributed by atoms with Crippen molar-refractivity contribution in [1.29, 1.82) is 0 Å². The van der Waals surface area contributed by atoms with Crippen molar-refractivity contribution in [2.75, 3.05) is 19.4 Å². The molecule has 2 amide bonds. The van der Waals surface area contributed by atoms with Gasteiger partial charge in [0.15, 0.2) is 0 Å². The third kappa shape index (κ3) is 5.13. The molecule has 0 spiro atoms. The van der Waals surface area contributed by atoms with Crippen LogP contribution in [0.4, 0.5) is 9.93 Å². The first kappa shape index (κ1) is 15.4. The van der Waals surface area contributed by atoms with Gasteiger partial charge in [0, 0.05) is 24.6 Å². The van der Waals surface area contributed by atoms with Crippen molar-refractivity contribution in [1.82, 2.24) is 19.6 Å².